The molecule has 0 spiro atoms. The molecule has 1 saturated heterocycles. The topological polar surface area (TPSA) is 120 Å². The van der Waals surface area contributed by atoms with E-state index in [0.717, 1.165) is 0 Å². The van der Waals surface area contributed by atoms with Crippen molar-refractivity contribution in [3.8, 4) is 6.07 Å². The van der Waals surface area contributed by atoms with Gasteiger partial charge in [0.2, 0.25) is 10.0 Å². The van der Waals surface area contributed by atoms with E-state index >= 15 is 0 Å². The second-order valence-electron chi connectivity index (χ2n) is 6.05. The second-order valence-corrected chi connectivity index (χ2v) is 8.02. The van der Waals surface area contributed by atoms with Crippen molar-refractivity contribution < 1.29 is 18.0 Å². The van der Waals surface area contributed by atoms with Gasteiger partial charge in [0.15, 0.2) is 11.4 Å². The second kappa shape index (κ2) is 6.55. The smallest absolute Gasteiger partial charge is 0.260 e. The minimum Gasteiger partial charge on any atom is -0.379 e. The lowest BCUT2D eigenvalue weighted by Gasteiger charge is -2.19. The van der Waals surface area contributed by atoms with Crippen LogP contribution in [0.4, 0.5) is 0 Å². The van der Waals surface area contributed by atoms with Crippen LogP contribution in [0.2, 0.25) is 0 Å². The lowest BCUT2D eigenvalue weighted by atomic mass is 10.0. The van der Waals surface area contributed by atoms with E-state index in [0.29, 0.717) is 23.4 Å². The maximum Gasteiger partial charge on any atom is 0.260 e. The van der Waals surface area contributed by atoms with Crippen LogP contribution in [0, 0.1) is 11.3 Å². The summed E-state index contributed by atoms with van der Waals surface area (Å²) in [5.74, 6) is 0.286. The molecule has 1 aliphatic rings. The fourth-order valence-corrected chi connectivity index (χ4v) is 4.35. The van der Waals surface area contributed by atoms with Crippen molar-refractivity contribution >= 4 is 10.0 Å². The molecule has 0 radical (unpaired) electrons. The van der Waals surface area contributed by atoms with Crippen molar-refractivity contribution in [2.75, 3.05) is 13.1 Å². The van der Waals surface area contributed by atoms with Crippen LogP contribution in [0.5, 0.6) is 0 Å². The van der Waals surface area contributed by atoms with Crippen LogP contribution in [0.1, 0.15) is 36.2 Å². The largest absolute Gasteiger partial charge is 0.379 e. The summed E-state index contributed by atoms with van der Waals surface area (Å²) in [6.45, 7) is 1.90. The van der Waals surface area contributed by atoms with Gasteiger partial charge < -0.3 is 9.63 Å². The van der Waals surface area contributed by atoms with E-state index in [9.17, 15) is 13.5 Å². The molecule has 0 aliphatic carbocycles. The molecule has 1 fully saturated rings. The summed E-state index contributed by atoms with van der Waals surface area (Å²) in [7, 11) is -3.64. The van der Waals surface area contributed by atoms with Crippen molar-refractivity contribution in [1.29, 1.82) is 5.26 Å². The SMILES string of the molecule is CCc1noc(C2(O)CCN(S(=O)(=O)Cc3cccc(C#N)c3)C2)n1. The van der Waals surface area contributed by atoms with E-state index in [4.69, 9.17) is 9.78 Å². The zero-order valence-corrected chi connectivity index (χ0v) is 14.5. The molecule has 1 aliphatic heterocycles. The highest BCUT2D eigenvalue weighted by molar-refractivity contribution is 7.88. The van der Waals surface area contributed by atoms with Gasteiger partial charge in [0.05, 0.1) is 23.9 Å². The van der Waals surface area contributed by atoms with Crippen molar-refractivity contribution in [2.24, 2.45) is 0 Å². The molecule has 0 saturated carbocycles. The van der Waals surface area contributed by atoms with Crippen LogP contribution < -0.4 is 0 Å². The molecule has 2 aromatic rings. The highest BCUT2D eigenvalue weighted by Gasteiger charge is 2.46. The Morgan fingerprint density at radius 3 is 2.96 bits per heavy atom. The highest BCUT2D eigenvalue weighted by atomic mass is 32.2. The summed E-state index contributed by atoms with van der Waals surface area (Å²) >= 11 is 0. The van der Waals surface area contributed by atoms with Gasteiger partial charge in [-0.1, -0.05) is 24.2 Å². The number of nitrogens with zero attached hydrogens (tertiary/aromatic N) is 4. The number of aryl methyl sites for hydroxylation is 1. The first kappa shape index (κ1) is 17.5. The van der Waals surface area contributed by atoms with E-state index in [-0.39, 0.29) is 31.2 Å². The Labute approximate surface area is 145 Å². The van der Waals surface area contributed by atoms with E-state index in [2.05, 4.69) is 10.1 Å². The number of hydrogen-bond donors (Lipinski definition) is 1. The average Bonchev–Trinajstić information content (AvgIpc) is 3.22. The van der Waals surface area contributed by atoms with E-state index in [1.54, 1.807) is 24.3 Å². The Balaban J connectivity index is 1.76. The Morgan fingerprint density at radius 2 is 2.28 bits per heavy atom. The Kier molecular flexibility index (Phi) is 4.60. The van der Waals surface area contributed by atoms with Crippen LogP contribution >= 0.6 is 0 Å². The standard InChI is InChI=1S/C16H18N4O4S/c1-2-14-18-15(24-19-14)16(21)6-7-20(11-16)25(22,23)10-13-5-3-4-12(8-13)9-17/h3-5,8,21H,2,6-7,10-11H2,1H3. The number of aromatic nitrogens is 2. The first-order valence-corrected chi connectivity index (χ1v) is 9.49. The van der Waals surface area contributed by atoms with Crippen molar-refractivity contribution in [2.45, 2.75) is 31.1 Å². The van der Waals surface area contributed by atoms with E-state index < -0.39 is 15.6 Å². The van der Waals surface area contributed by atoms with Crippen molar-refractivity contribution in [1.82, 2.24) is 14.4 Å². The van der Waals surface area contributed by atoms with E-state index in [1.165, 1.54) is 4.31 Å². The lowest BCUT2D eigenvalue weighted by molar-refractivity contribution is 0.0194. The van der Waals surface area contributed by atoms with Crippen molar-refractivity contribution in [3.63, 3.8) is 0 Å². The molecule has 3 rings (SSSR count). The summed E-state index contributed by atoms with van der Waals surface area (Å²) in [6.07, 6.45) is 0.757. The Bertz CT molecular complexity index is 918. The average molecular weight is 362 g/mol. The Morgan fingerprint density at radius 1 is 1.48 bits per heavy atom. The quantitative estimate of drug-likeness (QED) is 0.840. The monoisotopic (exact) mass is 362 g/mol. The molecular formula is C16H18N4O4S. The molecule has 1 aromatic carbocycles. The lowest BCUT2D eigenvalue weighted by Crippen LogP contribution is -2.35. The first-order valence-electron chi connectivity index (χ1n) is 7.88. The van der Waals surface area contributed by atoms with Gasteiger partial charge in [-0.25, -0.2) is 8.42 Å². The summed E-state index contributed by atoms with van der Waals surface area (Å²) in [5.41, 5.74) is -0.536. The molecule has 2 heterocycles. The summed E-state index contributed by atoms with van der Waals surface area (Å²) in [5, 5.41) is 23.4. The minimum atomic E-state index is -3.64. The predicted octanol–water partition coefficient (Wildman–Crippen LogP) is 0.927. The molecular weight excluding hydrogens is 344 g/mol. The predicted molar refractivity (Wildman–Crippen MR) is 87.5 cm³/mol. The third kappa shape index (κ3) is 3.56. The van der Waals surface area contributed by atoms with Crippen LogP contribution in [-0.4, -0.2) is 41.1 Å². The van der Waals surface area contributed by atoms with Crippen molar-refractivity contribution in [3.05, 3.63) is 47.1 Å². The maximum absolute atomic E-state index is 12.6. The molecule has 0 amide bonds. The van der Waals surface area contributed by atoms with Crippen LogP contribution in [0.3, 0.4) is 0 Å². The Hall–Kier alpha value is -2.28. The summed E-state index contributed by atoms with van der Waals surface area (Å²) < 4.78 is 31.6. The molecule has 8 nitrogen and oxygen atoms in total. The van der Waals surface area contributed by atoms with Crippen LogP contribution in [0.25, 0.3) is 0 Å². The molecule has 1 N–H and O–H groups in total. The summed E-state index contributed by atoms with van der Waals surface area (Å²) in [6, 6.07) is 8.46. The number of benzene rings is 1. The molecule has 1 aromatic heterocycles. The highest BCUT2D eigenvalue weighted by Crippen LogP contribution is 2.33. The third-order valence-electron chi connectivity index (χ3n) is 4.19. The molecule has 0 bridgehead atoms. The van der Waals surface area contributed by atoms with Crippen LogP contribution in [-0.2, 0) is 27.8 Å². The fourth-order valence-electron chi connectivity index (χ4n) is 2.79. The summed E-state index contributed by atoms with van der Waals surface area (Å²) in [4.78, 5) is 4.12. The first-order chi connectivity index (χ1) is 11.9. The third-order valence-corrected chi connectivity index (χ3v) is 5.99. The zero-order valence-electron chi connectivity index (χ0n) is 13.7. The van der Waals surface area contributed by atoms with Gasteiger partial charge in [0.1, 0.15) is 0 Å². The van der Waals surface area contributed by atoms with Gasteiger partial charge in [-0.05, 0) is 17.7 Å². The van der Waals surface area contributed by atoms with Gasteiger partial charge in [0.25, 0.3) is 5.89 Å². The number of sulfonamides is 1. The number of hydrogen-bond acceptors (Lipinski definition) is 7. The molecule has 25 heavy (non-hydrogen) atoms. The minimum absolute atomic E-state index is 0.0496. The maximum atomic E-state index is 12.6. The zero-order chi connectivity index (χ0) is 18.1. The molecule has 1 unspecified atom stereocenters. The van der Waals surface area contributed by atoms with Gasteiger partial charge in [-0.15, -0.1) is 0 Å². The van der Waals surface area contributed by atoms with Gasteiger partial charge in [-0.2, -0.15) is 14.6 Å². The van der Waals surface area contributed by atoms with Gasteiger partial charge in [-0.3, -0.25) is 0 Å². The molecule has 1 atom stereocenters. The number of β-amino-alcohol motifs (C(OH)–C–C–N with tert-alkyl or cyclic N) is 1. The molecule has 9 heteroatoms. The fraction of sp³-hybridized carbons (Fsp3) is 0.438. The number of nitriles is 1. The normalized spacial score (nSPS) is 21.3. The van der Waals surface area contributed by atoms with Crippen LogP contribution in [0.15, 0.2) is 28.8 Å². The number of rotatable bonds is 5. The molecule has 132 valence electrons. The van der Waals surface area contributed by atoms with Gasteiger partial charge >= 0.3 is 0 Å². The number of aliphatic hydroxyl groups is 1. The van der Waals surface area contributed by atoms with E-state index in [1.807, 2.05) is 13.0 Å². The van der Waals surface area contributed by atoms with Gasteiger partial charge in [0, 0.05) is 19.4 Å².